The maximum Gasteiger partial charge on any atom is 0.338 e. The topological polar surface area (TPSA) is 26.3 Å². The third-order valence-electron chi connectivity index (χ3n) is 5.94. The first-order valence-corrected chi connectivity index (χ1v) is 11.2. The van der Waals surface area contributed by atoms with Crippen LogP contribution in [-0.2, 0) is 4.74 Å². The molecule has 4 aromatic carbocycles. The summed E-state index contributed by atoms with van der Waals surface area (Å²) in [5, 5.41) is 4.73. The zero-order valence-corrected chi connectivity index (χ0v) is 19.1. The Morgan fingerprint density at radius 3 is 2.30 bits per heavy atom. The maximum absolute atomic E-state index is 12.7. The van der Waals surface area contributed by atoms with Crippen LogP contribution in [0.4, 0.5) is 0 Å². The average molecular weight is 461 g/mol. The van der Waals surface area contributed by atoms with Gasteiger partial charge in [-0.15, -0.1) is 0 Å². The molecule has 0 heterocycles. The largest absolute Gasteiger partial charge is 0.454 e. The number of hydrogen-bond acceptors (Lipinski definition) is 2. The summed E-state index contributed by atoms with van der Waals surface area (Å²) in [6.45, 7) is 6.27. The molecule has 0 spiro atoms. The van der Waals surface area contributed by atoms with Crippen molar-refractivity contribution in [3.63, 3.8) is 0 Å². The van der Waals surface area contributed by atoms with Crippen LogP contribution in [0.5, 0.6) is 0 Å². The van der Waals surface area contributed by atoms with E-state index in [1.54, 1.807) is 0 Å². The van der Waals surface area contributed by atoms with E-state index in [1.165, 1.54) is 21.7 Å². The number of fused-ring (bicyclic) bond motifs is 3. The number of carbonyl (C=O) groups excluding carboxylic acids is 1. The molecule has 0 radical (unpaired) electrons. The number of esters is 1. The number of hydrogen-bond donors (Lipinski definition) is 0. The molecule has 30 heavy (non-hydrogen) atoms. The summed E-state index contributed by atoms with van der Waals surface area (Å²) in [5.41, 5.74) is 2.78. The molecule has 0 aliphatic carbocycles. The Hall–Kier alpha value is -2.65. The van der Waals surface area contributed by atoms with Crippen molar-refractivity contribution in [3.8, 4) is 0 Å². The van der Waals surface area contributed by atoms with Crippen molar-refractivity contribution < 1.29 is 9.53 Å². The second-order valence-corrected chi connectivity index (χ2v) is 8.62. The van der Waals surface area contributed by atoms with Gasteiger partial charge in [-0.3, -0.25) is 0 Å². The second kappa shape index (κ2) is 8.61. The number of benzene rings is 4. The molecule has 2 nitrogen and oxygen atoms in total. The molecule has 0 aromatic heterocycles. The molecule has 0 amide bonds. The van der Waals surface area contributed by atoms with Crippen LogP contribution in [-0.4, -0.2) is 5.97 Å². The first kappa shape index (κ1) is 20.6. The number of rotatable bonds is 5. The highest BCUT2D eigenvalue weighted by Gasteiger charge is 2.18. The average Bonchev–Trinajstić information content (AvgIpc) is 2.78. The third kappa shape index (κ3) is 3.87. The lowest BCUT2D eigenvalue weighted by atomic mass is 9.97. The Bertz CT molecular complexity index is 1210. The maximum atomic E-state index is 12.7. The molecule has 4 aromatic rings. The number of ether oxygens (including phenoxy) is 1. The predicted molar refractivity (Wildman–Crippen MR) is 128 cm³/mol. The van der Waals surface area contributed by atoms with Crippen LogP contribution in [0.25, 0.3) is 21.5 Å². The molecule has 0 saturated carbocycles. The molecule has 2 atom stereocenters. The summed E-state index contributed by atoms with van der Waals surface area (Å²) in [4.78, 5) is 12.7. The fourth-order valence-corrected chi connectivity index (χ4v) is 4.66. The van der Waals surface area contributed by atoms with Crippen LogP contribution in [0.3, 0.4) is 0 Å². The Kier molecular flexibility index (Phi) is 5.92. The molecule has 0 saturated heterocycles. The molecule has 0 fully saturated rings. The van der Waals surface area contributed by atoms with Crippen LogP contribution in [0.2, 0.25) is 0 Å². The van der Waals surface area contributed by atoms with Gasteiger partial charge in [-0.25, -0.2) is 4.79 Å². The Morgan fingerprint density at radius 1 is 0.867 bits per heavy atom. The minimum Gasteiger partial charge on any atom is -0.454 e. The van der Waals surface area contributed by atoms with Crippen molar-refractivity contribution >= 4 is 43.4 Å². The molecular weight excluding hydrogens is 436 g/mol. The van der Waals surface area contributed by atoms with E-state index in [0.717, 1.165) is 21.8 Å². The SMILES string of the molecule is CCC(C)c1ccc(C(=O)OC(C)c2ccc3c(ccc4ccccc43)c2Br)cc1. The minimum atomic E-state index is -0.364. The van der Waals surface area contributed by atoms with Gasteiger partial charge in [0.1, 0.15) is 6.10 Å². The van der Waals surface area contributed by atoms with Crippen molar-refractivity contribution in [2.75, 3.05) is 0 Å². The summed E-state index contributed by atoms with van der Waals surface area (Å²) >= 11 is 3.76. The van der Waals surface area contributed by atoms with E-state index in [0.29, 0.717) is 11.5 Å². The first-order chi connectivity index (χ1) is 14.5. The van der Waals surface area contributed by atoms with Gasteiger partial charge in [-0.05, 0) is 74.4 Å². The lowest BCUT2D eigenvalue weighted by molar-refractivity contribution is 0.0337. The van der Waals surface area contributed by atoms with Crippen molar-refractivity contribution in [1.82, 2.24) is 0 Å². The summed E-state index contributed by atoms with van der Waals surface area (Å²) in [6, 6.07) is 24.5. The summed E-state index contributed by atoms with van der Waals surface area (Å²) < 4.78 is 6.77. The van der Waals surface area contributed by atoms with Crippen LogP contribution >= 0.6 is 15.9 Å². The minimum absolute atomic E-state index is 0.302. The first-order valence-electron chi connectivity index (χ1n) is 10.4. The highest BCUT2D eigenvalue weighted by atomic mass is 79.9. The molecule has 0 N–H and O–H groups in total. The molecule has 152 valence electrons. The molecule has 0 bridgehead atoms. The number of carbonyl (C=O) groups is 1. The molecule has 2 unspecified atom stereocenters. The molecular formula is C27H25BrO2. The zero-order valence-electron chi connectivity index (χ0n) is 17.5. The van der Waals surface area contributed by atoms with Gasteiger partial charge in [-0.1, -0.05) is 74.5 Å². The van der Waals surface area contributed by atoms with Gasteiger partial charge in [-0.2, -0.15) is 0 Å². The molecule has 3 heteroatoms. The van der Waals surface area contributed by atoms with Gasteiger partial charge in [0.15, 0.2) is 0 Å². The standard InChI is InChI=1S/C27H25BrO2/c1-4-17(2)19-9-11-21(12-10-19)27(29)30-18(3)22-15-16-24-23-8-6-5-7-20(23)13-14-25(24)26(22)28/h5-18H,4H2,1-3H3. The Balaban J connectivity index is 1.60. The van der Waals surface area contributed by atoms with Crippen molar-refractivity contribution in [3.05, 3.63) is 94.0 Å². The van der Waals surface area contributed by atoms with E-state index in [2.05, 4.69) is 72.2 Å². The smallest absolute Gasteiger partial charge is 0.338 e. The predicted octanol–water partition coefficient (Wildman–Crippen LogP) is 8.19. The van der Waals surface area contributed by atoms with Crippen LogP contribution in [0, 0.1) is 0 Å². The van der Waals surface area contributed by atoms with E-state index in [9.17, 15) is 4.79 Å². The summed E-state index contributed by atoms with van der Waals surface area (Å²) in [5.74, 6) is 0.183. The van der Waals surface area contributed by atoms with Crippen LogP contribution in [0.1, 0.15) is 60.7 Å². The quantitative estimate of drug-likeness (QED) is 0.221. The van der Waals surface area contributed by atoms with Gasteiger partial charge in [0.05, 0.1) is 5.56 Å². The van der Waals surface area contributed by atoms with E-state index in [1.807, 2.05) is 37.3 Å². The van der Waals surface area contributed by atoms with Crippen LogP contribution in [0.15, 0.2) is 77.3 Å². The van der Waals surface area contributed by atoms with Gasteiger partial charge in [0.2, 0.25) is 0 Å². The molecule has 0 aliphatic rings. The van der Waals surface area contributed by atoms with E-state index >= 15 is 0 Å². The molecule has 0 aliphatic heterocycles. The van der Waals surface area contributed by atoms with Gasteiger partial charge in [0.25, 0.3) is 0 Å². The highest BCUT2D eigenvalue weighted by Crippen LogP contribution is 2.36. The monoisotopic (exact) mass is 460 g/mol. The van der Waals surface area contributed by atoms with Crippen molar-refractivity contribution in [1.29, 1.82) is 0 Å². The fraction of sp³-hybridized carbons (Fsp3) is 0.222. The van der Waals surface area contributed by atoms with E-state index in [4.69, 9.17) is 4.74 Å². The Morgan fingerprint density at radius 2 is 1.57 bits per heavy atom. The van der Waals surface area contributed by atoms with Gasteiger partial charge < -0.3 is 4.74 Å². The Labute approximate surface area is 186 Å². The third-order valence-corrected chi connectivity index (χ3v) is 6.82. The van der Waals surface area contributed by atoms with Crippen molar-refractivity contribution in [2.24, 2.45) is 0 Å². The van der Waals surface area contributed by atoms with Gasteiger partial charge in [0, 0.05) is 10.0 Å². The van der Waals surface area contributed by atoms with E-state index < -0.39 is 0 Å². The summed E-state index contributed by atoms with van der Waals surface area (Å²) in [7, 11) is 0. The normalized spacial score (nSPS) is 13.3. The summed E-state index contributed by atoms with van der Waals surface area (Å²) in [6.07, 6.45) is 0.712. The lowest BCUT2D eigenvalue weighted by Crippen LogP contribution is -2.10. The zero-order chi connectivity index (χ0) is 21.3. The van der Waals surface area contributed by atoms with E-state index in [-0.39, 0.29) is 12.1 Å². The lowest BCUT2D eigenvalue weighted by Gasteiger charge is -2.17. The van der Waals surface area contributed by atoms with Crippen molar-refractivity contribution in [2.45, 2.75) is 39.2 Å². The van der Waals surface area contributed by atoms with Crippen LogP contribution < -0.4 is 0 Å². The molecule has 4 rings (SSSR count). The number of halogens is 1. The highest BCUT2D eigenvalue weighted by molar-refractivity contribution is 9.10. The second-order valence-electron chi connectivity index (χ2n) is 7.83. The van der Waals surface area contributed by atoms with Gasteiger partial charge >= 0.3 is 5.97 Å². The fourth-order valence-electron chi connectivity index (χ4n) is 3.86.